The molecule has 0 bridgehead atoms. The van der Waals surface area contributed by atoms with Gasteiger partial charge in [0.25, 0.3) is 5.88 Å². The number of hydrogen-bond acceptors (Lipinski definition) is 5. The summed E-state index contributed by atoms with van der Waals surface area (Å²) in [5, 5.41) is 4.89. The predicted molar refractivity (Wildman–Crippen MR) is 89.8 cm³/mol. The SMILES string of the molecule is Clc1nccnc1OC1CC(Nc2ccc3ccccc3n2)C1. The fourth-order valence-corrected chi connectivity index (χ4v) is 2.83. The number of pyridine rings is 1. The maximum absolute atomic E-state index is 5.95. The normalized spacial score (nSPS) is 20.0. The Balaban J connectivity index is 1.36. The van der Waals surface area contributed by atoms with Crippen LogP contribution in [0.3, 0.4) is 0 Å². The molecule has 3 aromatic rings. The molecule has 1 aliphatic carbocycles. The number of benzene rings is 1. The van der Waals surface area contributed by atoms with E-state index in [4.69, 9.17) is 16.3 Å². The summed E-state index contributed by atoms with van der Waals surface area (Å²) in [6.07, 6.45) is 5.02. The van der Waals surface area contributed by atoms with Crippen LogP contribution in [-0.4, -0.2) is 27.1 Å². The van der Waals surface area contributed by atoms with E-state index in [9.17, 15) is 0 Å². The van der Waals surface area contributed by atoms with Crippen molar-refractivity contribution in [2.45, 2.75) is 25.0 Å². The van der Waals surface area contributed by atoms with Gasteiger partial charge in [-0.1, -0.05) is 29.8 Å². The van der Waals surface area contributed by atoms with Crippen LogP contribution in [0.1, 0.15) is 12.8 Å². The minimum Gasteiger partial charge on any atom is -0.472 e. The van der Waals surface area contributed by atoms with E-state index < -0.39 is 0 Å². The first kappa shape index (κ1) is 14.2. The van der Waals surface area contributed by atoms with Crippen molar-refractivity contribution in [3.63, 3.8) is 0 Å². The zero-order chi connectivity index (χ0) is 15.6. The van der Waals surface area contributed by atoms with Crippen LogP contribution in [0.4, 0.5) is 5.82 Å². The lowest BCUT2D eigenvalue weighted by Crippen LogP contribution is -2.42. The molecule has 5 nitrogen and oxygen atoms in total. The molecule has 0 spiro atoms. The number of halogens is 1. The minimum absolute atomic E-state index is 0.113. The van der Waals surface area contributed by atoms with Gasteiger partial charge in [0.05, 0.1) is 5.52 Å². The van der Waals surface area contributed by atoms with Crippen molar-refractivity contribution < 1.29 is 4.74 Å². The minimum atomic E-state index is 0.113. The highest BCUT2D eigenvalue weighted by molar-refractivity contribution is 6.30. The first-order valence-electron chi connectivity index (χ1n) is 7.53. The third kappa shape index (κ3) is 3.05. The number of fused-ring (bicyclic) bond motifs is 1. The molecule has 2 heterocycles. The number of para-hydroxylation sites is 1. The highest BCUT2D eigenvalue weighted by Gasteiger charge is 2.32. The Morgan fingerprint density at radius 3 is 2.74 bits per heavy atom. The molecule has 0 aliphatic heterocycles. The molecule has 1 N–H and O–H groups in total. The molecule has 0 atom stereocenters. The fraction of sp³-hybridized carbons (Fsp3) is 0.235. The van der Waals surface area contributed by atoms with Crippen LogP contribution >= 0.6 is 11.6 Å². The van der Waals surface area contributed by atoms with Crippen LogP contribution in [-0.2, 0) is 0 Å². The summed E-state index contributed by atoms with van der Waals surface area (Å²) in [4.78, 5) is 12.7. The Bertz CT molecular complexity index is 835. The largest absolute Gasteiger partial charge is 0.472 e. The number of nitrogens with zero attached hydrogens (tertiary/aromatic N) is 3. The van der Waals surface area contributed by atoms with Crippen LogP contribution in [0.5, 0.6) is 5.88 Å². The summed E-state index contributed by atoms with van der Waals surface area (Å²) in [5.41, 5.74) is 0.996. The molecular weight excluding hydrogens is 312 g/mol. The Morgan fingerprint density at radius 2 is 1.87 bits per heavy atom. The third-order valence-corrected chi connectivity index (χ3v) is 4.21. The summed E-state index contributed by atoms with van der Waals surface area (Å²) in [6.45, 7) is 0. The van der Waals surface area contributed by atoms with Crippen molar-refractivity contribution in [3.05, 3.63) is 53.9 Å². The Labute approximate surface area is 138 Å². The molecule has 0 saturated heterocycles. The number of hydrogen-bond donors (Lipinski definition) is 1. The van der Waals surface area contributed by atoms with Crippen molar-refractivity contribution >= 4 is 28.3 Å². The van der Waals surface area contributed by atoms with Crippen molar-refractivity contribution in [1.29, 1.82) is 0 Å². The summed E-state index contributed by atoms with van der Waals surface area (Å²) < 4.78 is 5.75. The van der Waals surface area contributed by atoms with Gasteiger partial charge in [-0.15, -0.1) is 0 Å². The molecule has 1 fully saturated rings. The standard InChI is InChI=1S/C17H15ClN4O/c18-16-17(20-8-7-19-16)23-13-9-12(10-13)21-15-6-5-11-3-1-2-4-14(11)22-15/h1-8,12-13H,9-10H2,(H,21,22). The third-order valence-electron chi connectivity index (χ3n) is 3.95. The van der Waals surface area contributed by atoms with Crippen LogP contribution < -0.4 is 10.1 Å². The Kier molecular flexibility index (Phi) is 3.71. The van der Waals surface area contributed by atoms with Gasteiger partial charge >= 0.3 is 0 Å². The van der Waals surface area contributed by atoms with Crippen LogP contribution in [0.2, 0.25) is 5.15 Å². The molecule has 1 aromatic carbocycles. The first-order valence-corrected chi connectivity index (χ1v) is 7.91. The monoisotopic (exact) mass is 326 g/mol. The van der Waals surface area contributed by atoms with Gasteiger partial charge < -0.3 is 10.1 Å². The molecule has 0 radical (unpaired) electrons. The van der Waals surface area contributed by atoms with Crippen LogP contribution in [0.25, 0.3) is 10.9 Å². The quantitative estimate of drug-likeness (QED) is 0.792. The molecule has 2 aromatic heterocycles. The summed E-state index contributed by atoms with van der Waals surface area (Å²) in [5.74, 6) is 1.30. The number of anilines is 1. The van der Waals surface area contributed by atoms with Gasteiger partial charge in [0.2, 0.25) is 0 Å². The van der Waals surface area contributed by atoms with Gasteiger partial charge in [-0.3, -0.25) is 0 Å². The second-order valence-electron chi connectivity index (χ2n) is 5.59. The van der Waals surface area contributed by atoms with Gasteiger partial charge in [0.1, 0.15) is 11.9 Å². The topological polar surface area (TPSA) is 59.9 Å². The average molecular weight is 327 g/mol. The Morgan fingerprint density at radius 1 is 1.04 bits per heavy atom. The maximum atomic E-state index is 5.95. The number of ether oxygens (including phenoxy) is 1. The first-order chi connectivity index (χ1) is 11.3. The summed E-state index contributed by atoms with van der Waals surface area (Å²) >= 11 is 5.95. The van der Waals surface area contributed by atoms with E-state index in [1.54, 1.807) is 12.4 Å². The van der Waals surface area contributed by atoms with E-state index in [1.165, 1.54) is 0 Å². The molecule has 1 aliphatic rings. The van der Waals surface area contributed by atoms with Crippen molar-refractivity contribution in [1.82, 2.24) is 15.0 Å². The molecule has 0 unspecified atom stereocenters. The molecule has 116 valence electrons. The number of aromatic nitrogens is 3. The highest BCUT2D eigenvalue weighted by Crippen LogP contribution is 2.29. The Hall–Kier alpha value is -2.40. The fourth-order valence-electron chi connectivity index (χ4n) is 2.68. The predicted octanol–water partition coefficient (Wildman–Crippen LogP) is 3.70. The number of rotatable bonds is 4. The second kappa shape index (κ2) is 6.01. The molecule has 23 heavy (non-hydrogen) atoms. The van der Waals surface area contributed by atoms with E-state index in [2.05, 4.69) is 32.4 Å². The van der Waals surface area contributed by atoms with Crippen LogP contribution in [0, 0.1) is 0 Å². The van der Waals surface area contributed by atoms with Crippen molar-refractivity contribution in [2.75, 3.05) is 5.32 Å². The lowest BCUT2D eigenvalue weighted by molar-refractivity contribution is 0.102. The van der Waals surface area contributed by atoms with Crippen LogP contribution in [0.15, 0.2) is 48.8 Å². The highest BCUT2D eigenvalue weighted by atomic mass is 35.5. The summed E-state index contributed by atoms with van der Waals surface area (Å²) in [7, 11) is 0. The zero-order valence-electron chi connectivity index (χ0n) is 12.3. The molecular formula is C17H15ClN4O. The van der Waals surface area contributed by atoms with E-state index >= 15 is 0 Å². The van der Waals surface area contributed by atoms with Crippen molar-refractivity contribution in [2.24, 2.45) is 0 Å². The zero-order valence-corrected chi connectivity index (χ0v) is 13.1. The van der Waals surface area contributed by atoms with Gasteiger partial charge in [-0.2, -0.15) is 0 Å². The molecule has 6 heteroatoms. The smallest absolute Gasteiger partial charge is 0.252 e. The molecule has 1 saturated carbocycles. The molecule has 4 rings (SSSR count). The molecule has 0 amide bonds. The van der Waals surface area contributed by atoms with E-state index in [0.717, 1.165) is 29.6 Å². The van der Waals surface area contributed by atoms with Gasteiger partial charge in [0, 0.05) is 36.7 Å². The van der Waals surface area contributed by atoms with Crippen molar-refractivity contribution in [3.8, 4) is 5.88 Å². The van der Waals surface area contributed by atoms with E-state index in [1.807, 2.05) is 24.3 Å². The number of nitrogens with one attached hydrogen (secondary N) is 1. The van der Waals surface area contributed by atoms with Gasteiger partial charge in [-0.05, 0) is 18.2 Å². The van der Waals surface area contributed by atoms with E-state index in [-0.39, 0.29) is 6.10 Å². The van der Waals surface area contributed by atoms with Gasteiger partial charge in [-0.25, -0.2) is 15.0 Å². The van der Waals surface area contributed by atoms with E-state index in [0.29, 0.717) is 17.1 Å². The lowest BCUT2D eigenvalue weighted by atomic mass is 9.89. The lowest BCUT2D eigenvalue weighted by Gasteiger charge is -2.35. The average Bonchev–Trinajstić information content (AvgIpc) is 2.54. The summed E-state index contributed by atoms with van der Waals surface area (Å²) in [6, 6.07) is 12.5. The maximum Gasteiger partial charge on any atom is 0.252 e. The van der Waals surface area contributed by atoms with Gasteiger partial charge in [0.15, 0.2) is 5.15 Å². The second-order valence-corrected chi connectivity index (χ2v) is 5.95.